The highest BCUT2D eigenvalue weighted by molar-refractivity contribution is 9.10. The third-order valence-electron chi connectivity index (χ3n) is 2.50. The van der Waals surface area contributed by atoms with E-state index in [0.717, 1.165) is 4.47 Å². The van der Waals surface area contributed by atoms with Gasteiger partial charge in [0.2, 0.25) is 0 Å². The summed E-state index contributed by atoms with van der Waals surface area (Å²) in [5.41, 5.74) is 0.680. The largest absolute Gasteiger partial charge is 0.330 e. The number of carbonyl (C=O) groups excluding carboxylic acids is 1. The molecular weight excluding hydrogens is 268 g/mol. The van der Waals surface area contributed by atoms with E-state index in [4.69, 9.17) is 0 Å². The quantitative estimate of drug-likeness (QED) is 0.609. The van der Waals surface area contributed by atoms with Crippen LogP contribution in [-0.4, -0.2) is 10.4 Å². The number of carbonyl (C=O) groups is 1. The van der Waals surface area contributed by atoms with Crippen molar-refractivity contribution >= 4 is 21.7 Å². The van der Waals surface area contributed by atoms with Crippen LogP contribution < -0.4 is 4.57 Å². The highest BCUT2D eigenvalue weighted by Gasteiger charge is 2.24. The van der Waals surface area contributed by atoms with Gasteiger partial charge in [0.1, 0.15) is 12.4 Å². The fraction of sp³-hybridized carbons (Fsp3) is 0.167. The minimum Gasteiger partial charge on any atom is -0.280 e. The summed E-state index contributed by atoms with van der Waals surface area (Å²) in [7, 11) is 3.73. The molecule has 1 heterocycles. The minimum atomic E-state index is 0.0162. The Kier molecular flexibility index (Phi) is 2.92. The molecule has 82 valence electrons. The molecule has 2 aromatic rings. The van der Waals surface area contributed by atoms with Gasteiger partial charge in [-0.3, -0.25) is 4.79 Å². The second kappa shape index (κ2) is 4.22. The summed E-state index contributed by atoms with van der Waals surface area (Å²) in [4.78, 5) is 12.3. The van der Waals surface area contributed by atoms with Crippen LogP contribution in [0.2, 0.25) is 0 Å². The van der Waals surface area contributed by atoms with Crippen LogP contribution in [0.15, 0.2) is 41.1 Å². The van der Waals surface area contributed by atoms with Gasteiger partial charge in [-0.25, -0.2) is 9.13 Å². The number of benzene rings is 1. The Morgan fingerprint density at radius 2 is 2.06 bits per heavy atom. The number of ketones is 1. The van der Waals surface area contributed by atoms with Gasteiger partial charge in [-0.2, -0.15) is 0 Å². The molecule has 0 radical (unpaired) electrons. The van der Waals surface area contributed by atoms with Crippen molar-refractivity contribution in [3.8, 4) is 0 Å². The van der Waals surface area contributed by atoms with E-state index in [1.54, 1.807) is 0 Å². The summed E-state index contributed by atoms with van der Waals surface area (Å²) in [6, 6.07) is 7.45. The predicted octanol–water partition coefficient (Wildman–Crippen LogP) is 1.84. The molecule has 0 aliphatic carbocycles. The smallest absolute Gasteiger partial charge is 0.280 e. The second-order valence-electron chi connectivity index (χ2n) is 3.65. The first-order chi connectivity index (χ1) is 7.61. The molecule has 16 heavy (non-hydrogen) atoms. The molecule has 0 amide bonds. The van der Waals surface area contributed by atoms with Crippen molar-refractivity contribution in [2.75, 3.05) is 0 Å². The highest BCUT2D eigenvalue weighted by atomic mass is 79.9. The van der Waals surface area contributed by atoms with Crippen molar-refractivity contribution < 1.29 is 9.36 Å². The van der Waals surface area contributed by atoms with Crippen LogP contribution in [0.1, 0.15) is 16.2 Å². The Bertz CT molecular complexity index is 526. The van der Waals surface area contributed by atoms with Gasteiger partial charge in [0.05, 0.1) is 14.1 Å². The molecule has 0 aliphatic heterocycles. The monoisotopic (exact) mass is 279 g/mol. The molecule has 0 saturated heterocycles. The molecule has 0 spiro atoms. The van der Waals surface area contributed by atoms with E-state index in [2.05, 4.69) is 15.9 Å². The van der Waals surface area contributed by atoms with E-state index in [9.17, 15) is 4.79 Å². The Morgan fingerprint density at radius 3 is 2.62 bits per heavy atom. The lowest BCUT2D eigenvalue weighted by Gasteiger charge is -2.01. The molecule has 0 N–H and O–H groups in total. The van der Waals surface area contributed by atoms with Crippen molar-refractivity contribution in [2.45, 2.75) is 0 Å². The van der Waals surface area contributed by atoms with Crippen molar-refractivity contribution in [3.63, 3.8) is 0 Å². The summed E-state index contributed by atoms with van der Waals surface area (Å²) in [5.74, 6) is 0.675. The molecule has 0 unspecified atom stereocenters. The summed E-state index contributed by atoms with van der Waals surface area (Å²) < 4.78 is 4.46. The van der Waals surface area contributed by atoms with E-state index in [0.29, 0.717) is 11.4 Å². The Labute approximate surface area is 102 Å². The zero-order valence-corrected chi connectivity index (χ0v) is 10.7. The minimum absolute atomic E-state index is 0.0162. The van der Waals surface area contributed by atoms with Gasteiger partial charge in [-0.05, 0) is 12.1 Å². The fourth-order valence-corrected chi connectivity index (χ4v) is 2.14. The number of imidazole rings is 1. The maximum Gasteiger partial charge on any atom is 0.330 e. The van der Waals surface area contributed by atoms with Crippen LogP contribution in [0.25, 0.3) is 0 Å². The molecule has 0 aliphatic rings. The zero-order chi connectivity index (χ0) is 11.7. The van der Waals surface area contributed by atoms with Gasteiger partial charge in [-0.15, -0.1) is 0 Å². The van der Waals surface area contributed by atoms with Gasteiger partial charge >= 0.3 is 5.82 Å². The summed E-state index contributed by atoms with van der Waals surface area (Å²) in [6.07, 6.45) is 3.73. The second-order valence-corrected chi connectivity index (χ2v) is 4.51. The predicted molar refractivity (Wildman–Crippen MR) is 64.2 cm³/mol. The number of hydrogen-bond acceptors (Lipinski definition) is 1. The molecule has 3 nitrogen and oxygen atoms in total. The third-order valence-corrected chi connectivity index (χ3v) is 3.20. The summed E-state index contributed by atoms with van der Waals surface area (Å²) in [6.45, 7) is 0. The maximum absolute atomic E-state index is 12.3. The van der Waals surface area contributed by atoms with Crippen LogP contribution in [0.5, 0.6) is 0 Å². The lowest BCUT2D eigenvalue weighted by Crippen LogP contribution is -2.35. The number of halogens is 1. The number of nitrogens with zero attached hydrogens (tertiary/aromatic N) is 2. The van der Waals surface area contributed by atoms with Crippen molar-refractivity contribution in [3.05, 3.63) is 52.5 Å². The van der Waals surface area contributed by atoms with Gasteiger partial charge in [0, 0.05) is 10.0 Å². The van der Waals surface area contributed by atoms with Crippen LogP contribution in [0.3, 0.4) is 0 Å². The van der Waals surface area contributed by atoms with Crippen molar-refractivity contribution in [2.24, 2.45) is 14.1 Å². The van der Waals surface area contributed by atoms with Gasteiger partial charge in [0.15, 0.2) is 0 Å². The molecule has 0 atom stereocenters. The van der Waals surface area contributed by atoms with E-state index in [1.807, 2.05) is 59.9 Å². The first-order valence-electron chi connectivity index (χ1n) is 4.91. The first-order valence-corrected chi connectivity index (χ1v) is 5.70. The van der Waals surface area contributed by atoms with Crippen molar-refractivity contribution in [1.82, 2.24) is 4.57 Å². The van der Waals surface area contributed by atoms with Crippen LogP contribution in [0.4, 0.5) is 0 Å². The molecule has 0 fully saturated rings. The molecule has 0 saturated carbocycles. The van der Waals surface area contributed by atoms with E-state index >= 15 is 0 Å². The molecule has 2 rings (SSSR count). The lowest BCUT2D eigenvalue weighted by molar-refractivity contribution is -0.672. The van der Waals surface area contributed by atoms with Crippen molar-refractivity contribution in [1.29, 1.82) is 0 Å². The average molecular weight is 280 g/mol. The Balaban J connectivity index is 2.52. The summed E-state index contributed by atoms with van der Waals surface area (Å²) in [5, 5.41) is 0. The normalized spacial score (nSPS) is 10.4. The van der Waals surface area contributed by atoms with E-state index < -0.39 is 0 Å². The van der Waals surface area contributed by atoms with Crippen LogP contribution in [-0.2, 0) is 14.1 Å². The first kappa shape index (κ1) is 11.1. The standard InChI is InChI=1S/C12H12BrN2O/c1-14-7-8-15(2)12(14)11(16)9-5-3-4-6-10(9)13/h3-8H,1-2H3/q+1. The van der Waals surface area contributed by atoms with Crippen LogP contribution in [0, 0.1) is 0 Å². The van der Waals surface area contributed by atoms with Gasteiger partial charge < -0.3 is 0 Å². The highest BCUT2D eigenvalue weighted by Crippen LogP contribution is 2.18. The Hall–Kier alpha value is -1.42. The SMILES string of the molecule is Cn1cc[n+](C)c1C(=O)c1ccccc1Br. The molecule has 4 heteroatoms. The number of hydrogen-bond donors (Lipinski definition) is 0. The molecule has 0 bridgehead atoms. The zero-order valence-electron chi connectivity index (χ0n) is 9.14. The fourth-order valence-electron chi connectivity index (χ4n) is 1.68. The number of rotatable bonds is 2. The third kappa shape index (κ3) is 1.80. The van der Waals surface area contributed by atoms with E-state index in [-0.39, 0.29) is 5.78 Å². The van der Waals surface area contributed by atoms with Crippen LogP contribution >= 0.6 is 15.9 Å². The lowest BCUT2D eigenvalue weighted by atomic mass is 10.1. The molecule has 1 aromatic heterocycles. The number of aryl methyl sites for hydroxylation is 2. The number of aromatic nitrogens is 2. The molecule has 1 aromatic carbocycles. The van der Waals surface area contributed by atoms with Gasteiger partial charge in [-0.1, -0.05) is 28.1 Å². The maximum atomic E-state index is 12.3. The Morgan fingerprint density at radius 1 is 1.38 bits per heavy atom. The summed E-state index contributed by atoms with van der Waals surface area (Å²) >= 11 is 3.39. The molecular formula is C12H12BrN2O+. The van der Waals surface area contributed by atoms with E-state index in [1.165, 1.54) is 0 Å². The topological polar surface area (TPSA) is 25.9 Å². The average Bonchev–Trinajstić information content (AvgIpc) is 2.58. The van der Waals surface area contributed by atoms with Gasteiger partial charge in [0.25, 0.3) is 5.78 Å².